The van der Waals surface area contributed by atoms with Crippen molar-refractivity contribution in [3.8, 4) is 17.0 Å². The van der Waals surface area contributed by atoms with Crippen LogP contribution < -0.4 is 19.9 Å². The van der Waals surface area contributed by atoms with Crippen LogP contribution in [0.2, 0.25) is 0 Å². The van der Waals surface area contributed by atoms with Crippen LogP contribution in [0.5, 0.6) is 5.75 Å². The molecule has 6 rings (SSSR count). The van der Waals surface area contributed by atoms with Crippen molar-refractivity contribution in [1.29, 1.82) is 0 Å². The first-order valence-corrected chi connectivity index (χ1v) is 11.0. The highest BCUT2D eigenvalue weighted by atomic mass is 19.1. The molecule has 2 aliphatic rings. The zero-order valence-corrected chi connectivity index (χ0v) is 18.5. The summed E-state index contributed by atoms with van der Waals surface area (Å²) in [6, 6.07) is 14.5. The summed E-state index contributed by atoms with van der Waals surface area (Å²) in [7, 11) is 2.04. The van der Waals surface area contributed by atoms with Crippen molar-refractivity contribution >= 4 is 28.8 Å². The Morgan fingerprint density at radius 2 is 1.94 bits per heavy atom. The molecule has 1 atom stereocenters. The van der Waals surface area contributed by atoms with Crippen LogP contribution in [0.15, 0.2) is 67.5 Å². The maximum Gasteiger partial charge on any atom is 0.224 e. The third kappa shape index (κ3) is 3.24. The second-order valence-corrected chi connectivity index (χ2v) is 8.28. The van der Waals surface area contributed by atoms with Gasteiger partial charge in [-0.3, -0.25) is 10.00 Å². The Morgan fingerprint density at radius 1 is 1.15 bits per heavy atom. The van der Waals surface area contributed by atoms with Crippen LogP contribution in [0, 0.1) is 5.82 Å². The molecular weight excluding hydrogens is 433 g/mol. The second kappa shape index (κ2) is 7.87. The predicted octanol–water partition coefficient (Wildman–Crippen LogP) is 4.44. The van der Waals surface area contributed by atoms with Gasteiger partial charge in [0.1, 0.15) is 23.4 Å². The molecule has 0 spiro atoms. The Bertz CT molecular complexity index is 1400. The van der Waals surface area contributed by atoms with Crippen LogP contribution in [-0.4, -0.2) is 46.4 Å². The monoisotopic (exact) mass is 455 g/mol. The predicted molar refractivity (Wildman–Crippen MR) is 130 cm³/mol. The Kier molecular flexibility index (Phi) is 4.68. The summed E-state index contributed by atoms with van der Waals surface area (Å²) in [6.07, 6.45) is 3.36. The fourth-order valence-electron chi connectivity index (χ4n) is 4.46. The van der Waals surface area contributed by atoms with Crippen LogP contribution in [0.1, 0.15) is 5.56 Å². The Balaban J connectivity index is 1.31. The molecule has 2 N–H and O–H groups in total. The van der Waals surface area contributed by atoms with Gasteiger partial charge in [-0.2, -0.15) is 10.1 Å². The third-order valence-corrected chi connectivity index (χ3v) is 6.09. The number of nitrogens with zero attached hydrogens (tertiary/aromatic N) is 5. The van der Waals surface area contributed by atoms with Crippen LogP contribution >= 0.6 is 0 Å². The van der Waals surface area contributed by atoms with Gasteiger partial charge in [0.05, 0.1) is 35.7 Å². The van der Waals surface area contributed by atoms with E-state index in [-0.39, 0.29) is 11.9 Å². The summed E-state index contributed by atoms with van der Waals surface area (Å²) in [5.74, 6) is 1.41. The first-order valence-electron chi connectivity index (χ1n) is 11.0. The number of H-pyrrole nitrogens is 1. The number of rotatable bonds is 4. The molecule has 8 nitrogen and oxygen atoms in total. The van der Waals surface area contributed by atoms with Crippen molar-refractivity contribution in [1.82, 2.24) is 20.2 Å². The van der Waals surface area contributed by atoms with E-state index in [2.05, 4.69) is 32.0 Å². The number of likely N-dealkylation sites (N-methyl/N-ethyl adjacent to an activating group) is 1. The van der Waals surface area contributed by atoms with Crippen molar-refractivity contribution in [2.75, 3.05) is 35.3 Å². The number of aromatic amines is 1. The van der Waals surface area contributed by atoms with E-state index in [9.17, 15) is 4.39 Å². The molecule has 0 amide bonds. The molecule has 4 heterocycles. The first-order chi connectivity index (χ1) is 16.6. The smallest absolute Gasteiger partial charge is 0.224 e. The van der Waals surface area contributed by atoms with Gasteiger partial charge in [-0.25, -0.2) is 9.37 Å². The lowest BCUT2D eigenvalue weighted by atomic mass is 10.0. The van der Waals surface area contributed by atoms with Gasteiger partial charge in [0, 0.05) is 25.0 Å². The molecule has 170 valence electrons. The number of halogens is 1. The number of fused-ring (bicyclic) bond motifs is 4. The first kappa shape index (κ1) is 20.2. The van der Waals surface area contributed by atoms with E-state index in [4.69, 9.17) is 9.72 Å². The van der Waals surface area contributed by atoms with Crippen LogP contribution in [0.4, 0.5) is 27.5 Å². The molecule has 0 fully saturated rings. The number of aromatic nitrogens is 4. The molecule has 0 bridgehead atoms. The van der Waals surface area contributed by atoms with Gasteiger partial charge in [-0.05, 0) is 24.3 Å². The summed E-state index contributed by atoms with van der Waals surface area (Å²) in [4.78, 5) is 13.1. The van der Waals surface area contributed by atoms with E-state index < -0.39 is 0 Å². The molecule has 2 aromatic carbocycles. The number of hydrogen-bond acceptors (Lipinski definition) is 7. The normalized spacial score (nSPS) is 16.4. The molecule has 0 saturated heterocycles. The molecule has 0 saturated carbocycles. The van der Waals surface area contributed by atoms with Crippen LogP contribution in [-0.2, 0) is 0 Å². The summed E-state index contributed by atoms with van der Waals surface area (Å²) in [5, 5.41) is 10.5. The van der Waals surface area contributed by atoms with E-state index >= 15 is 0 Å². The number of anilines is 4. The summed E-state index contributed by atoms with van der Waals surface area (Å²) < 4.78 is 21.0. The van der Waals surface area contributed by atoms with Gasteiger partial charge in [-0.15, -0.1) is 0 Å². The second-order valence-electron chi connectivity index (χ2n) is 8.28. The minimum Gasteiger partial charge on any atom is -0.485 e. The molecular formula is C25H22FN7O. The van der Waals surface area contributed by atoms with Crippen molar-refractivity contribution in [3.63, 3.8) is 0 Å². The molecule has 1 unspecified atom stereocenters. The third-order valence-electron chi connectivity index (χ3n) is 6.09. The van der Waals surface area contributed by atoms with E-state index in [1.54, 1.807) is 35.5 Å². The van der Waals surface area contributed by atoms with Crippen LogP contribution in [0.3, 0.4) is 0 Å². The van der Waals surface area contributed by atoms with Gasteiger partial charge in [0.15, 0.2) is 5.82 Å². The Labute approximate surface area is 195 Å². The van der Waals surface area contributed by atoms with Gasteiger partial charge in [0.2, 0.25) is 5.95 Å². The Morgan fingerprint density at radius 3 is 2.79 bits per heavy atom. The lowest BCUT2D eigenvalue weighted by molar-refractivity contribution is 0.208. The van der Waals surface area contributed by atoms with Gasteiger partial charge < -0.3 is 15.0 Å². The molecule has 0 aliphatic carbocycles. The van der Waals surface area contributed by atoms with Gasteiger partial charge in [-0.1, -0.05) is 30.8 Å². The van der Waals surface area contributed by atoms with Crippen molar-refractivity contribution in [2.24, 2.45) is 0 Å². The quantitative estimate of drug-likeness (QED) is 0.471. The molecule has 9 heteroatoms. The number of para-hydroxylation sites is 3. The van der Waals surface area contributed by atoms with E-state index in [1.807, 2.05) is 31.3 Å². The minimum absolute atomic E-state index is 0.0879. The number of nitrogens with one attached hydrogen (secondary N) is 2. The lowest BCUT2D eigenvalue weighted by Gasteiger charge is -2.34. The average Bonchev–Trinajstić information content (AvgIpc) is 3.35. The molecule has 34 heavy (non-hydrogen) atoms. The number of hydrogen-bond donors (Lipinski definition) is 2. The highest BCUT2D eigenvalue weighted by Crippen LogP contribution is 2.46. The highest BCUT2D eigenvalue weighted by molar-refractivity contribution is 5.99. The minimum atomic E-state index is -0.369. The van der Waals surface area contributed by atoms with E-state index in [1.165, 1.54) is 6.07 Å². The van der Waals surface area contributed by atoms with Gasteiger partial charge >= 0.3 is 0 Å². The zero-order valence-electron chi connectivity index (χ0n) is 18.5. The fourth-order valence-corrected chi connectivity index (χ4v) is 4.46. The van der Waals surface area contributed by atoms with Crippen molar-refractivity contribution in [2.45, 2.75) is 6.10 Å². The fraction of sp³-hybridized carbons (Fsp3) is 0.160. The van der Waals surface area contributed by atoms with Gasteiger partial charge in [0.25, 0.3) is 0 Å². The molecule has 2 aliphatic heterocycles. The molecule has 2 aromatic heterocycles. The zero-order chi connectivity index (χ0) is 23.2. The highest BCUT2D eigenvalue weighted by Gasteiger charge is 2.32. The standard InChI is InChI=1S/C25H22FN7O/c1-15-17-13-29-31-23(17)18-12-28-25(30-24(18)33(15)20-8-4-3-7-19(20)26)27-11-16-14-32(2)21-9-5-6-10-22(21)34-16/h3-10,12-13,16H,1,11,14H2,2H3,(H,29,31)(H,27,28,30). The largest absolute Gasteiger partial charge is 0.485 e. The summed E-state index contributed by atoms with van der Waals surface area (Å²) in [5.41, 5.74) is 4.17. The van der Waals surface area contributed by atoms with Crippen LogP contribution in [0.25, 0.3) is 17.0 Å². The SMILES string of the molecule is C=C1c2c[nH]nc2-c2cnc(NCC3CN(C)c4ccccc4O3)nc2N1c1ccccc1F. The average molecular weight is 455 g/mol. The van der Waals surface area contributed by atoms with Crippen molar-refractivity contribution < 1.29 is 9.13 Å². The number of benzene rings is 2. The summed E-state index contributed by atoms with van der Waals surface area (Å²) in [6.45, 7) is 5.43. The topological polar surface area (TPSA) is 82.2 Å². The molecule has 4 aromatic rings. The van der Waals surface area contributed by atoms with E-state index in [0.29, 0.717) is 41.0 Å². The maximum absolute atomic E-state index is 14.8. The Hall–Kier alpha value is -4.40. The number of ether oxygens (including phenoxy) is 1. The summed E-state index contributed by atoms with van der Waals surface area (Å²) >= 11 is 0. The van der Waals surface area contributed by atoms with Crippen molar-refractivity contribution in [3.05, 3.63) is 78.9 Å². The maximum atomic E-state index is 14.8. The molecule has 0 radical (unpaired) electrons. The lowest BCUT2D eigenvalue weighted by Crippen LogP contribution is -2.41. The van der Waals surface area contributed by atoms with E-state index in [0.717, 1.165) is 23.5 Å².